The van der Waals surface area contributed by atoms with E-state index in [4.69, 9.17) is 17.2 Å². The normalized spacial score (nSPS) is 14.0. The van der Waals surface area contributed by atoms with Crippen LogP contribution in [0.3, 0.4) is 0 Å². The van der Waals surface area contributed by atoms with Gasteiger partial charge in [0.15, 0.2) is 5.96 Å². The van der Waals surface area contributed by atoms with Crippen molar-refractivity contribution in [1.82, 2.24) is 10.6 Å². The van der Waals surface area contributed by atoms with Crippen LogP contribution >= 0.6 is 0 Å². The summed E-state index contributed by atoms with van der Waals surface area (Å²) >= 11 is 0. The number of carboxylic acid groups (broad SMARTS) is 1. The maximum Gasteiger partial charge on any atom is 0.326 e. The Labute approximate surface area is 148 Å². The molecule has 11 nitrogen and oxygen atoms in total. The highest BCUT2D eigenvalue weighted by Gasteiger charge is 2.26. The molecule has 25 heavy (non-hydrogen) atoms. The van der Waals surface area contributed by atoms with Gasteiger partial charge in [-0.1, -0.05) is 0 Å². The van der Waals surface area contributed by atoms with Crippen molar-refractivity contribution in [2.75, 3.05) is 25.1 Å². The molecule has 0 heterocycles. The molecule has 0 aliphatic carbocycles. The molecule has 0 fully saturated rings. The van der Waals surface area contributed by atoms with Gasteiger partial charge in [-0.3, -0.25) is 18.8 Å². The van der Waals surface area contributed by atoms with E-state index in [0.717, 1.165) is 0 Å². The standard InChI is InChI=1S/C13H26N6O5S/c1-25(24)6-4-8(18-10(20)7-14)11(21)19-9(12(22)23)3-2-5-17-13(15)16/h8-9H,2-7,14H2,1H3,(H,18,20)(H,19,21)(H,22,23)(H4,15,16,17). The van der Waals surface area contributed by atoms with Gasteiger partial charge in [0, 0.05) is 29.4 Å². The summed E-state index contributed by atoms with van der Waals surface area (Å²) in [5.41, 5.74) is 15.5. The van der Waals surface area contributed by atoms with Crippen LogP contribution < -0.4 is 27.8 Å². The molecule has 0 aliphatic heterocycles. The lowest BCUT2D eigenvalue weighted by Crippen LogP contribution is -2.53. The zero-order chi connectivity index (χ0) is 19.4. The first-order chi connectivity index (χ1) is 11.7. The molecule has 0 aromatic carbocycles. The monoisotopic (exact) mass is 378 g/mol. The maximum atomic E-state index is 12.3. The highest BCUT2D eigenvalue weighted by atomic mass is 32.2. The van der Waals surface area contributed by atoms with Crippen molar-refractivity contribution in [3.05, 3.63) is 0 Å². The summed E-state index contributed by atoms with van der Waals surface area (Å²) in [5.74, 6) is -2.40. The number of carboxylic acids is 1. The van der Waals surface area contributed by atoms with Crippen LogP contribution in [0.25, 0.3) is 0 Å². The first kappa shape index (κ1) is 22.8. The van der Waals surface area contributed by atoms with Gasteiger partial charge >= 0.3 is 5.97 Å². The zero-order valence-electron chi connectivity index (χ0n) is 14.1. The number of carbonyl (C=O) groups is 3. The number of carbonyl (C=O) groups excluding carboxylic acids is 2. The fourth-order valence-corrected chi connectivity index (χ4v) is 2.41. The minimum atomic E-state index is -1.22. The highest BCUT2D eigenvalue weighted by Crippen LogP contribution is 2.02. The lowest BCUT2D eigenvalue weighted by Gasteiger charge is -2.21. The van der Waals surface area contributed by atoms with Crippen LogP contribution in [0.4, 0.5) is 0 Å². The molecule has 2 amide bonds. The number of aliphatic imine (C=N–C) groups is 1. The molecule has 3 unspecified atom stereocenters. The van der Waals surface area contributed by atoms with Crippen LogP contribution in [0, 0.1) is 0 Å². The molecule has 0 aromatic heterocycles. The number of hydrogen-bond acceptors (Lipinski definition) is 6. The van der Waals surface area contributed by atoms with Gasteiger partial charge in [0.1, 0.15) is 12.1 Å². The molecule has 0 aliphatic rings. The summed E-state index contributed by atoms with van der Waals surface area (Å²) in [6.45, 7) is -0.0932. The fourth-order valence-electron chi connectivity index (χ4n) is 1.84. The molecule has 9 N–H and O–H groups in total. The number of nitrogens with one attached hydrogen (secondary N) is 2. The number of hydrogen-bond donors (Lipinski definition) is 6. The van der Waals surface area contributed by atoms with Crippen LogP contribution in [-0.4, -0.2) is 70.2 Å². The molecule has 0 rings (SSSR count). The van der Waals surface area contributed by atoms with Crippen molar-refractivity contribution in [3.8, 4) is 0 Å². The lowest BCUT2D eigenvalue weighted by atomic mass is 10.1. The Bertz CT molecular complexity index is 523. The van der Waals surface area contributed by atoms with E-state index in [2.05, 4.69) is 15.6 Å². The summed E-state index contributed by atoms with van der Waals surface area (Å²) in [4.78, 5) is 38.7. The number of rotatable bonds is 12. The topological polar surface area (TPSA) is 203 Å². The predicted octanol–water partition coefficient (Wildman–Crippen LogP) is -3.18. The van der Waals surface area contributed by atoms with Gasteiger partial charge < -0.3 is 32.9 Å². The molecule has 0 saturated heterocycles. The Morgan fingerprint density at radius 3 is 2.28 bits per heavy atom. The predicted molar refractivity (Wildman–Crippen MR) is 94.0 cm³/mol. The molecular formula is C13H26N6O5S. The van der Waals surface area contributed by atoms with Crippen LogP contribution in [0.2, 0.25) is 0 Å². The summed E-state index contributed by atoms with van der Waals surface area (Å²) in [5, 5.41) is 13.9. The second-order valence-corrected chi connectivity index (χ2v) is 6.79. The molecule has 0 aromatic rings. The smallest absolute Gasteiger partial charge is 0.326 e. The fraction of sp³-hybridized carbons (Fsp3) is 0.692. The molecular weight excluding hydrogens is 352 g/mol. The Morgan fingerprint density at radius 1 is 1.16 bits per heavy atom. The molecule has 0 radical (unpaired) electrons. The third-order valence-electron chi connectivity index (χ3n) is 3.09. The Morgan fingerprint density at radius 2 is 1.80 bits per heavy atom. The van der Waals surface area contributed by atoms with Gasteiger partial charge in [0.05, 0.1) is 6.54 Å². The quantitative estimate of drug-likeness (QED) is 0.116. The molecule has 0 bridgehead atoms. The average molecular weight is 378 g/mol. The summed E-state index contributed by atoms with van der Waals surface area (Å²) < 4.78 is 11.2. The maximum absolute atomic E-state index is 12.3. The van der Waals surface area contributed by atoms with Crippen molar-refractivity contribution >= 4 is 34.5 Å². The lowest BCUT2D eigenvalue weighted by molar-refractivity contribution is -0.142. The zero-order valence-corrected chi connectivity index (χ0v) is 14.9. The van der Waals surface area contributed by atoms with Crippen LogP contribution in [0.1, 0.15) is 19.3 Å². The van der Waals surface area contributed by atoms with Crippen LogP contribution in [0.15, 0.2) is 4.99 Å². The summed E-state index contributed by atoms with van der Waals surface area (Å²) in [7, 11) is -1.17. The van der Waals surface area contributed by atoms with Gasteiger partial charge in [0.2, 0.25) is 11.8 Å². The molecule has 0 saturated carbocycles. The molecule has 144 valence electrons. The van der Waals surface area contributed by atoms with Crippen molar-refractivity contribution in [3.63, 3.8) is 0 Å². The minimum absolute atomic E-state index is 0.0982. The van der Waals surface area contributed by atoms with Crippen LogP contribution in [0.5, 0.6) is 0 Å². The van der Waals surface area contributed by atoms with E-state index in [1.807, 2.05) is 0 Å². The van der Waals surface area contributed by atoms with Gasteiger partial charge in [-0.25, -0.2) is 4.79 Å². The Kier molecular flexibility index (Phi) is 11.1. The molecule has 3 atom stereocenters. The molecule has 12 heteroatoms. The third kappa shape index (κ3) is 11.1. The highest BCUT2D eigenvalue weighted by molar-refractivity contribution is 7.84. The first-order valence-electron chi connectivity index (χ1n) is 7.55. The SMILES string of the molecule is CS(=O)CCC(NC(=O)CN)C(=O)NC(CCCN=C(N)N)C(=O)O. The van der Waals surface area contributed by atoms with E-state index in [9.17, 15) is 23.7 Å². The van der Waals surface area contributed by atoms with Crippen LogP contribution in [-0.2, 0) is 25.2 Å². The number of nitrogens with two attached hydrogens (primary N) is 3. The van der Waals surface area contributed by atoms with Gasteiger partial charge in [0.25, 0.3) is 0 Å². The van der Waals surface area contributed by atoms with E-state index < -0.39 is 40.7 Å². The summed E-state index contributed by atoms with van der Waals surface area (Å²) in [6.07, 6.45) is 2.01. The first-order valence-corrected chi connectivity index (χ1v) is 9.28. The van der Waals surface area contributed by atoms with Gasteiger partial charge in [-0.15, -0.1) is 0 Å². The van der Waals surface area contributed by atoms with E-state index in [-0.39, 0.29) is 37.6 Å². The second-order valence-electron chi connectivity index (χ2n) is 5.24. The Hall–Kier alpha value is -2.21. The number of aliphatic carboxylic acids is 1. The molecule has 0 spiro atoms. The van der Waals surface area contributed by atoms with Gasteiger partial charge in [-0.05, 0) is 19.3 Å². The third-order valence-corrected chi connectivity index (χ3v) is 3.90. The second kappa shape index (κ2) is 12.2. The summed E-state index contributed by atoms with van der Waals surface area (Å²) in [6, 6.07) is -2.18. The van der Waals surface area contributed by atoms with E-state index in [0.29, 0.717) is 6.42 Å². The Balaban J connectivity index is 4.80. The number of nitrogens with zero attached hydrogens (tertiary/aromatic N) is 1. The van der Waals surface area contributed by atoms with E-state index in [1.165, 1.54) is 6.26 Å². The van der Waals surface area contributed by atoms with Crippen molar-refractivity contribution in [2.45, 2.75) is 31.3 Å². The van der Waals surface area contributed by atoms with E-state index in [1.54, 1.807) is 0 Å². The van der Waals surface area contributed by atoms with Crippen molar-refractivity contribution in [2.24, 2.45) is 22.2 Å². The van der Waals surface area contributed by atoms with Crippen molar-refractivity contribution in [1.29, 1.82) is 0 Å². The average Bonchev–Trinajstić information content (AvgIpc) is 2.52. The van der Waals surface area contributed by atoms with E-state index >= 15 is 0 Å². The van der Waals surface area contributed by atoms with Gasteiger partial charge in [-0.2, -0.15) is 0 Å². The number of guanidine groups is 1. The van der Waals surface area contributed by atoms with Crippen molar-refractivity contribution < 1.29 is 23.7 Å². The number of amides is 2. The largest absolute Gasteiger partial charge is 0.480 e. The minimum Gasteiger partial charge on any atom is -0.480 e.